The van der Waals surface area contributed by atoms with Crippen LogP contribution < -0.4 is 10.6 Å². The first-order valence-electron chi connectivity index (χ1n) is 9.12. The molecular weight excluding hydrogens is 322 g/mol. The second-order valence-corrected chi connectivity index (χ2v) is 6.81. The molecular formula is C17H31N5O3. The summed E-state index contributed by atoms with van der Waals surface area (Å²) in [5, 5.41) is 6.82. The molecule has 0 aromatic rings. The van der Waals surface area contributed by atoms with Gasteiger partial charge in [0.25, 0.3) is 0 Å². The van der Waals surface area contributed by atoms with Crippen molar-refractivity contribution < 1.29 is 14.3 Å². The quantitative estimate of drug-likeness (QED) is 0.528. The first-order chi connectivity index (χ1) is 12.0. The minimum atomic E-state index is -0.0395. The van der Waals surface area contributed by atoms with E-state index in [0.717, 1.165) is 39.0 Å². The van der Waals surface area contributed by atoms with Crippen LogP contribution in [0.4, 0.5) is 0 Å². The van der Waals surface area contributed by atoms with Gasteiger partial charge in [-0.15, -0.1) is 0 Å². The summed E-state index contributed by atoms with van der Waals surface area (Å²) < 4.78 is 5.39. The minimum Gasteiger partial charge on any atom is -0.381 e. The lowest BCUT2D eigenvalue weighted by Crippen LogP contribution is -2.50. The lowest BCUT2D eigenvalue weighted by molar-refractivity contribution is -0.130. The lowest BCUT2D eigenvalue weighted by atomic mass is 10.1. The highest BCUT2D eigenvalue weighted by atomic mass is 16.5. The molecule has 2 fully saturated rings. The zero-order chi connectivity index (χ0) is 18.2. The maximum Gasteiger partial charge on any atom is 0.243 e. The van der Waals surface area contributed by atoms with Crippen LogP contribution in [0.3, 0.4) is 0 Å². The van der Waals surface area contributed by atoms with E-state index in [2.05, 4.69) is 15.6 Å². The monoisotopic (exact) mass is 353 g/mol. The van der Waals surface area contributed by atoms with Crippen molar-refractivity contribution in [3.8, 4) is 0 Å². The van der Waals surface area contributed by atoms with Crippen LogP contribution >= 0.6 is 0 Å². The summed E-state index contributed by atoms with van der Waals surface area (Å²) in [7, 11) is 3.45. The molecule has 0 aromatic carbocycles. The van der Waals surface area contributed by atoms with Crippen molar-refractivity contribution in [3.63, 3.8) is 0 Å². The fraction of sp³-hybridized carbons (Fsp3) is 0.824. The first kappa shape index (κ1) is 19.5. The Hall–Kier alpha value is -1.83. The van der Waals surface area contributed by atoms with E-state index >= 15 is 0 Å². The van der Waals surface area contributed by atoms with Gasteiger partial charge in [0.1, 0.15) is 6.54 Å². The molecule has 1 atom stereocenters. The summed E-state index contributed by atoms with van der Waals surface area (Å²) in [5.74, 6) is 0.795. The Labute approximate surface area is 150 Å². The Morgan fingerprint density at radius 2 is 1.84 bits per heavy atom. The van der Waals surface area contributed by atoms with Gasteiger partial charge in [0.05, 0.1) is 0 Å². The Bertz CT molecular complexity index is 489. The summed E-state index contributed by atoms with van der Waals surface area (Å²) in [6.07, 6.45) is 3.27. The molecule has 2 N–H and O–H groups in total. The molecule has 8 nitrogen and oxygen atoms in total. The number of ether oxygens (including phenoxy) is 1. The van der Waals surface area contributed by atoms with E-state index in [-0.39, 0.29) is 24.4 Å². The van der Waals surface area contributed by atoms with Gasteiger partial charge in [0, 0.05) is 58.9 Å². The molecule has 2 rings (SSSR count). The fourth-order valence-electron chi connectivity index (χ4n) is 2.98. The van der Waals surface area contributed by atoms with Gasteiger partial charge in [-0.05, 0) is 19.3 Å². The van der Waals surface area contributed by atoms with E-state index in [1.165, 1.54) is 4.90 Å². The summed E-state index contributed by atoms with van der Waals surface area (Å²) in [6, 6.07) is 0.459. The number of rotatable bonds is 5. The number of likely N-dealkylation sites (tertiary alicyclic amines) is 1. The van der Waals surface area contributed by atoms with Gasteiger partial charge in [-0.2, -0.15) is 0 Å². The molecule has 0 aromatic heterocycles. The average molecular weight is 353 g/mol. The molecule has 0 radical (unpaired) electrons. The third-order valence-corrected chi connectivity index (χ3v) is 4.62. The topological polar surface area (TPSA) is 86.3 Å². The van der Waals surface area contributed by atoms with Gasteiger partial charge < -0.3 is 25.2 Å². The summed E-state index contributed by atoms with van der Waals surface area (Å²) >= 11 is 0. The first-order valence-corrected chi connectivity index (χ1v) is 9.12. The second kappa shape index (κ2) is 9.60. The fourth-order valence-corrected chi connectivity index (χ4v) is 2.98. The van der Waals surface area contributed by atoms with E-state index in [1.807, 2.05) is 11.8 Å². The van der Waals surface area contributed by atoms with Gasteiger partial charge in [-0.25, -0.2) is 4.99 Å². The van der Waals surface area contributed by atoms with Crippen molar-refractivity contribution in [2.45, 2.75) is 44.7 Å². The Morgan fingerprint density at radius 3 is 2.48 bits per heavy atom. The van der Waals surface area contributed by atoms with Crippen LogP contribution in [0.15, 0.2) is 4.99 Å². The molecule has 0 bridgehead atoms. The third kappa shape index (κ3) is 6.19. The lowest BCUT2D eigenvalue weighted by Gasteiger charge is -2.27. The van der Waals surface area contributed by atoms with E-state index in [9.17, 15) is 9.59 Å². The average Bonchev–Trinajstić information content (AvgIpc) is 3.08. The van der Waals surface area contributed by atoms with Crippen molar-refractivity contribution >= 4 is 17.8 Å². The zero-order valence-electron chi connectivity index (χ0n) is 15.6. The number of aliphatic imine (C=N–C) groups is 1. The summed E-state index contributed by atoms with van der Waals surface area (Å²) in [5.41, 5.74) is 0. The largest absolute Gasteiger partial charge is 0.381 e. The molecule has 1 unspecified atom stereocenters. The molecule has 25 heavy (non-hydrogen) atoms. The minimum absolute atomic E-state index is 0.0395. The number of hydrogen-bond acceptors (Lipinski definition) is 4. The van der Waals surface area contributed by atoms with E-state index in [4.69, 9.17) is 4.74 Å². The number of guanidine groups is 1. The van der Waals surface area contributed by atoms with Crippen LogP contribution in [0.1, 0.15) is 32.6 Å². The second-order valence-electron chi connectivity index (χ2n) is 6.81. The van der Waals surface area contributed by atoms with Crippen LogP contribution in [-0.2, 0) is 14.3 Å². The molecule has 0 aliphatic carbocycles. The number of carbonyl (C=O) groups is 2. The summed E-state index contributed by atoms with van der Waals surface area (Å²) in [6.45, 7) is 4.92. The molecule has 2 heterocycles. The molecule has 2 saturated heterocycles. The van der Waals surface area contributed by atoms with Gasteiger partial charge in [0.15, 0.2) is 5.96 Å². The van der Waals surface area contributed by atoms with Gasteiger partial charge in [-0.1, -0.05) is 6.92 Å². The predicted octanol–water partition coefficient (Wildman–Crippen LogP) is -0.200. The van der Waals surface area contributed by atoms with Gasteiger partial charge in [0.2, 0.25) is 11.8 Å². The zero-order valence-corrected chi connectivity index (χ0v) is 15.6. The number of carbonyl (C=O) groups excluding carboxylic acids is 2. The summed E-state index contributed by atoms with van der Waals surface area (Å²) in [4.78, 5) is 31.6. The molecule has 0 spiro atoms. The van der Waals surface area contributed by atoms with Crippen molar-refractivity contribution in [1.82, 2.24) is 20.4 Å². The van der Waals surface area contributed by atoms with Crippen LogP contribution in [0.2, 0.25) is 0 Å². The predicted molar refractivity (Wildman–Crippen MR) is 96.4 cm³/mol. The Balaban J connectivity index is 1.94. The van der Waals surface area contributed by atoms with E-state index < -0.39 is 0 Å². The highest BCUT2D eigenvalue weighted by Gasteiger charge is 2.26. The van der Waals surface area contributed by atoms with E-state index in [1.54, 1.807) is 14.1 Å². The normalized spacial score (nSPS) is 22.0. The number of nitrogens with one attached hydrogen (secondary N) is 2. The Kier molecular flexibility index (Phi) is 7.49. The van der Waals surface area contributed by atoms with Crippen LogP contribution in [0.5, 0.6) is 0 Å². The molecule has 2 amide bonds. The number of nitrogens with zero attached hydrogens (tertiary/aromatic N) is 3. The van der Waals surface area contributed by atoms with Crippen LogP contribution in [0.25, 0.3) is 0 Å². The van der Waals surface area contributed by atoms with Gasteiger partial charge >= 0.3 is 0 Å². The number of amides is 2. The van der Waals surface area contributed by atoms with Crippen LogP contribution in [-0.4, -0.2) is 86.6 Å². The highest BCUT2D eigenvalue weighted by molar-refractivity contribution is 5.85. The van der Waals surface area contributed by atoms with Crippen molar-refractivity contribution in [3.05, 3.63) is 0 Å². The number of likely N-dealkylation sites (N-methyl/N-ethyl adjacent to an activating group) is 1. The number of hydrogen-bond donors (Lipinski definition) is 2. The maximum atomic E-state index is 11.8. The maximum absolute atomic E-state index is 11.8. The van der Waals surface area contributed by atoms with Crippen LogP contribution in [0, 0.1) is 0 Å². The molecule has 2 aliphatic heterocycles. The van der Waals surface area contributed by atoms with Crippen molar-refractivity contribution in [1.29, 1.82) is 0 Å². The molecule has 0 saturated carbocycles. The third-order valence-electron chi connectivity index (χ3n) is 4.62. The van der Waals surface area contributed by atoms with Crippen molar-refractivity contribution in [2.24, 2.45) is 4.99 Å². The smallest absolute Gasteiger partial charge is 0.243 e. The van der Waals surface area contributed by atoms with E-state index in [0.29, 0.717) is 25.0 Å². The van der Waals surface area contributed by atoms with Gasteiger partial charge in [-0.3, -0.25) is 9.59 Å². The molecule has 8 heteroatoms. The molecule has 2 aliphatic rings. The SMILES string of the molecule is CCC(=O)N1CCC(NC(=NCC(=O)N(C)C)NC2CCOCC2)C1. The molecule has 142 valence electrons. The standard InChI is InChI=1S/C17H31N5O3/c1-4-15(23)22-8-5-14(12-22)20-17(18-11-16(24)21(2)3)19-13-6-9-25-10-7-13/h13-14H,4-12H2,1-3H3,(H2,18,19,20). The van der Waals surface area contributed by atoms with Crippen molar-refractivity contribution in [2.75, 3.05) is 46.9 Å². The highest BCUT2D eigenvalue weighted by Crippen LogP contribution is 2.11. The Morgan fingerprint density at radius 1 is 1.16 bits per heavy atom.